The first-order chi connectivity index (χ1) is 8.70. The number of anilines is 1. The van der Waals surface area contributed by atoms with Crippen molar-refractivity contribution in [1.82, 2.24) is 0 Å². The minimum atomic E-state index is -0.706. The Balaban J connectivity index is 2.00. The van der Waals surface area contributed by atoms with Gasteiger partial charge < -0.3 is 14.8 Å². The molecule has 0 amide bonds. The molecule has 1 atom stereocenters. The van der Waals surface area contributed by atoms with Crippen LogP contribution in [0.3, 0.4) is 0 Å². The molecule has 1 aromatic carbocycles. The Hall–Kier alpha value is -1.77. The van der Waals surface area contributed by atoms with Crippen LogP contribution in [0.1, 0.15) is 17.4 Å². The third kappa shape index (κ3) is 2.92. The molecule has 2 rings (SSSR count). The van der Waals surface area contributed by atoms with Gasteiger partial charge in [0.2, 0.25) is 0 Å². The quantitative estimate of drug-likeness (QED) is 0.911. The fraction of sp³-hybridized carbons (Fsp3) is 0.154. The van der Waals surface area contributed by atoms with E-state index in [2.05, 4.69) is 27.3 Å². The number of furan rings is 1. The fourth-order valence-electron chi connectivity index (χ4n) is 1.52. The summed E-state index contributed by atoms with van der Waals surface area (Å²) in [6.07, 6.45) is 0.818. The van der Waals surface area contributed by atoms with Crippen LogP contribution < -0.4 is 5.32 Å². The van der Waals surface area contributed by atoms with Crippen molar-refractivity contribution in [2.45, 2.75) is 6.10 Å². The number of nitriles is 1. The molecule has 18 heavy (non-hydrogen) atoms. The van der Waals surface area contributed by atoms with Crippen molar-refractivity contribution < 1.29 is 9.52 Å². The lowest BCUT2D eigenvalue weighted by atomic mass is 10.2. The molecule has 0 bridgehead atoms. The van der Waals surface area contributed by atoms with Crippen molar-refractivity contribution in [2.24, 2.45) is 0 Å². The molecule has 0 radical (unpaired) electrons. The maximum Gasteiger partial charge on any atom is 0.134 e. The van der Waals surface area contributed by atoms with E-state index in [0.29, 0.717) is 17.9 Å². The van der Waals surface area contributed by atoms with E-state index >= 15 is 0 Å². The molecular weight excluding hydrogens is 296 g/mol. The van der Waals surface area contributed by atoms with E-state index in [0.717, 1.165) is 10.2 Å². The number of nitrogens with zero attached hydrogens (tertiary/aromatic N) is 1. The predicted octanol–water partition coefficient (Wildman–Crippen LogP) is 3.06. The highest BCUT2D eigenvalue weighted by molar-refractivity contribution is 9.10. The van der Waals surface area contributed by atoms with Gasteiger partial charge in [-0.1, -0.05) is 0 Å². The second-order valence-corrected chi connectivity index (χ2v) is 4.57. The van der Waals surface area contributed by atoms with Crippen LogP contribution in [0.4, 0.5) is 5.69 Å². The Labute approximate surface area is 113 Å². The van der Waals surface area contributed by atoms with Gasteiger partial charge in [0.1, 0.15) is 11.9 Å². The van der Waals surface area contributed by atoms with E-state index in [1.165, 1.54) is 6.26 Å². The molecule has 0 fully saturated rings. The standard InChI is InChI=1S/C13H11BrN2O2/c14-10-6-9(7-15)3-4-11(10)16-8-12(17)13-2-1-5-18-13/h1-6,12,16-17H,8H2. The molecule has 0 saturated heterocycles. The number of hydrogen-bond acceptors (Lipinski definition) is 4. The van der Waals surface area contributed by atoms with Gasteiger partial charge >= 0.3 is 0 Å². The number of halogens is 1. The van der Waals surface area contributed by atoms with Gasteiger partial charge in [0.15, 0.2) is 0 Å². The molecule has 1 heterocycles. The molecule has 92 valence electrons. The Bertz CT molecular complexity index is 561. The van der Waals surface area contributed by atoms with Crippen LogP contribution in [0.25, 0.3) is 0 Å². The van der Waals surface area contributed by atoms with Crippen LogP contribution in [-0.4, -0.2) is 11.7 Å². The zero-order valence-corrected chi connectivity index (χ0v) is 11.0. The van der Waals surface area contributed by atoms with Crippen molar-refractivity contribution in [3.8, 4) is 6.07 Å². The molecule has 2 N–H and O–H groups in total. The number of benzene rings is 1. The van der Waals surface area contributed by atoms with Crippen molar-refractivity contribution in [2.75, 3.05) is 11.9 Å². The second-order valence-electron chi connectivity index (χ2n) is 3.72. The van der Waals surface area contributed by atoms with Crippen molar-refractivity contribution in [1.29, 1.82) is 5.26 Å². The van der Waals surface area contributed by atoms with E-state index in [1.807, 2.05) is 0 Å². The minimum absolute atomic E-state index is 0.331. The molecule has 0 saturated carbocycles. The van der Waals surface area contributed by atoms with Crippen LogP contribution >= 0.6 is 15.9 Å². The Morgan fingerprint density at radius 3 is 2.89 bits per heavy atom. The zero-order chi connectivity index (χ0) is 13.0. The maximum atomic E-state index is 9.84. The average molecular weight is 307 g/mol. The Kier molecular flexibility index (Phi) is 4.03. The minimum Gasteiger partial charge on any atom is -0.467 e. The lowest BCUT2D eigenvalue weighted by Crippen LogP contribution is -2.11. The normalized spacial score (nSPS) is 11.8. The van der Waals surface area contributed by atoms with E-state index in [9.17, 15) is 5.11 Å². The molecular formula is C13H11BrN2O2. The molecule has 0 aliphatic carbocycles. The first-order valence-corrected chi connectivity index (χ1v) is 6.15. The number of hydrogen-bond donors (Lipinski definition) is 2. The summed E-state index contributed by atoms with van der Waals surface area (Å²) in [6.45, 7) is 0.331. The summed E-state index contributed by atoms with van der Waals surface area (Å²) in [5.41, 5.74) is 1.40. The molecule has 4 nitrogen and oxygen atoms in total. The topological polar surface area (TPSA) is 69.2 Å². The van der Waals surface area contributed by atoms with Gasteiger partial charge in [-0.3, -0.25) is 0 Å². The first-order valence-electron chi connectivity index (χ1n) is 5.35. The molecule has 0 aliphatic rings. The molecule has 5 heteroatoms. The average Bonchev–Trinajstić information content (AvgIpc) is 2.90. The van der Waals surface area contributed by atoms with Crippen LogP contribution in [0.2, 0.25) is 0 Å². The highest BCUT2D eigenvalue weighted by Gasteiger charge is 2.10. The van der Waals surface area contributed by atoms with Crippen LogP contribution in [0, 0.1) is 11.3 Å². The summed E-state index contributed by atoms with van der Waals surface area (Å²) in [4.78, 5) is 0. The number of rotatable bonds is 4. The maximum absolute atomic E-state index is 9.84. The fourth-order valence-corrected chi connectivity index (χ4v) is 2.04. The third-order valence-electron chi connectivity index (χ3n) is 2.46. The van der Waals surface area contributed by atoms with Crippen LogP contribution in [-0.2, 0) is 0 Å². The molecule has 1 unspecified atom stereocenters. The van der Waals surface area contributed by atoms with E-state index in [1.54, 1.807) is 30.3 Å². The first kappa shape index (κ1) is 12.7. The SMILES string of the molecule is N#Cc1ccc(NCC(O)c2ccco2)c(Br)c1. The molecule has 0 spiro atoms. The van der Waals surface area contributed by atoms with Gasteiger partial charge in [0.25, 0.3) is 0 Å². The van der Waals surface area contributed by atoms with Crippen molar-refractivity contribution >= 4 is 21.6 Å². The predicted molar refractivity (Wildman–Crippen MR) is 71.0 cm³/mol. The van der Waals surface area contributed by atoms with Gasteiger partial charge in [0, 0.05) is 16.7 Å². The van der Waals surface area contributed by atoms with E-state index in [-0.39, 0.29) is 0 Å². The number of aliphatic hydroxyl groups is 1. The molecule has 0 aliphatic heterocycles. The summed E-state index contributed by atoms with van der Waals surface area (Å²) in [5, 5.41) is 21.7. The number of nitrogens with one attached hydrogen (secondary N) is 1. The Morgan fingerprint density at radius 1 is 1.44 bits per heavy atom. The summed E-state index contributed by atoms with van der Waals surface area (Å²) < 4.78 is 5.89. The summed E-state index contributed by atoms with van der Waals surface area (Å²) in [5.74, 6) is 0.521. The summed E-state index contributed by atoms with van der Waals surface area (Å²) in [6, 6.07) is 10.7. The van der Waals surface area contributed by atoms with Gasteiger partial charge in [-0.05, 0) is 46.3 Å². The van der Waals surface area contributed by atoms with E-state index in [4.69, 9.17) is 9.68 Å². The van der Waals surface area contributed by atoms with Gasteiger partial charge in [-0.25, -0.2) is 0 Å². The zero-order valence-electron chi connectivity index (χ0n) is 9.43. The number of aliphatic hydroxyl groups excluding tert-OH is 1. The monoisotopic (exact) mass is 306 g/mol. The van der Waals surface area contributed by atoms with Gasteiger partial charge in [-0.15, -0.1) is 0 Å². The van der Waals surface area contributed by atoms with Gasteiger partial charge in [0.05, 0.1) is 17.9 Å². The lowest BCUT2D eigenvalue weighted by Gasteiger charge is -2.12. The Morgan fingerprint density at radius 2 is 2.28 bits per heavy atom. The summed E-state index contributed by atoms with van der Waals surface area (Å²) >= 11 is 3.37. The van der Waals surface area contributed by atoms with Crippen LogP contribution in [0.5, 0.6) is 0 Å². The molecule has 1 aromatic heterocycles. The second kappa shape index (κ2) is 5.71. The van der Waals surface area contributed by atoms with Crippen molar-refractivity contribution in [3.05, 3.63) is 52.4 Å². The smallest absolute Gasteiger partial charge is 0.134 e. The third-order valence-corrected chi connectivity index (χ3v) is 3.11. The van der Waals surface area contributed by atoms with Gasteiger partial charge in [-0.2, -0.15) is 5.26 Å². The highest BCUT2D eigenvalue weighted by Crippen LogP contribution is 2.24. The van der Waals surface area contributed by atoms with E-state index < -0.39 is 6.10 Å². The summed E-state index contributed by atoms with van der Waals surface area (Å²) in [7, 11) is 0. The largest absolute Gasteiger partial charge is 0.467 e. The highest BCUT2D eigenvalue weighted by atomic mass is 79.9. The molecule has 2 aromatic rings. The lowest BCUT2D eigenvalue weighted by molar-refractivity contribution is 0.162. The van der Waals surface area contributed by atoms with Crippen LogP contribution in [0.15, 0.2) is 45.5 Å². The van der Waals surface area contributed by atoms with Crippen molar-refractivity contribution in [3.63, 3.8) is 0 Å².